The second-order valence-corrected chi connectivity index (χ2v) is 5.97. The lowest BCUT2D eigenvalue weighted by atomic mass is 9.85. The molecule has 4 heteroatoms. The third-order valence-corrected chi connectivity index (χ3v) is 4.40. The molecule has 1 N–H and O–H groups in total. The van der Waals surface area contributed by atoms with Crippen LogP contribution < -0.4 is 5.32 Å². The van der Waals surface area contributed by atoms with Gasteiger partial charge in [0, 0.05) is 18.2 Å². The van der Waals surface area contributed by atoms with E-state index in [-0.39, 0.29) is 11.7 Å². The van der Waals surface area contributed by atoms with Crippen LogP contribution in [0.25, 0.3) is 0 Å². The zero-order chi connectivity index (χ0) is 14.7. The maximum Gasteiger partial charge on any atom is 0.158 e. The minimum absolute atomic E-state index is 0.131. The number of hydrogen-bond donors (Lipinski definition) is 1. The van der Waals surface area contributed by atoms with Crippen molar-refractivity contribution in [2.75, 3.05) is 5.32 Å². The van der Waals surface area contributed by atoms with Crippen molar-refractivity contribution in [3.8, 4) is 6.07 Å². The Kier molecular flexibility index (Phi) is 3.85. The number of nitriles is 1. The highest BCUT2D eigenvalue weighted by molar-refractivity contribution is 7.11. The molecule has 1 atom stereocenters. The summed E-state index contributed by atoms with van der Waals surface area (Å²) in [5.74, 6) is 0.335. The van der Waals surface area contributed by atoms with Crippen molar-refractivity contribution in [2.24, 2.45) is 0 Å². The van der Waals surface area contributed by atoms with E-state index in [4.69, 9.17) is 5.26 Å². The molecular formula is C17H14N2OS. The quantitative estimate of drug-likeness (QED) is 0.928. The van der Waals surface area contributed by atoms with Gasteiger partial charge in [0.2, 0.25) is 0 Å². The molecule has 1 aliphatic rings. The molecule has 1 unspecified atom stereocenters. The zero-order valence-corrected chi connectivity index (χ0v) is 12.2. The first-order valence-corrected chi connectivity index (χ1v) is 7.67. The molecule has 0 fully saturated rings. The van der Waals surface area contributed by atoms with Gasteiger partial charge in [0.15, 0.2) is 5.78 Å². The molecule has 0 radical (unpaired) electrons. The number of nitrogens with one attached hydrogen (secondary N) is 1. The van der Waals surface area contributed by atoms with Gasteiger partial charge in [-0.1, -0.05) is 30.3 Å². The number of ketones is 1. The standard InChI is InChI=1S/C17H14N2OS/c18-11-17-16(6-7-21-17)19-14-8-13(9-15(20)10-14)12-4-2-1-3-5-12/h1-7,10,13,19H,8-9H2. The molecule has 0 amide bonds. The lowest BCUT2D eigenvalue weighted by Gasteiger charge is -2.23. The van der Waals surface area contributed by atoms with Crippen molar-refractivity contribution in [3.05, 3.63) is 64.0 Å². The van der Waals surface area contributed by atoms with E-state index in [9.17, 15) is 4.79 Å². The SMILES string of the molecule is N#Cc1sccc1NC1=CC(=O)CC(c2ccccc2)C1. The van der Waals surface area contributed by atoms with Crippen LogP contribution in [0.3, 0.4) is 0 Å². The van der Waals surface area contributed by atoms with E-state index >= 15 is 0 Å². The molecule has 3 nitrogen and oxygen atoms in total. The fourth-order valence-corrected chi connectivity index (χ4v) is 3.25. The van der Waals surface area contributed by atoms with Crippen LogP contribution >= 0.6 is 11.3 Å². The molecule has 0 saturated heterocycles. The molecule has 0 spiro atoms. The van der Waals surface area contributed by atoms with Gasteiger partial charge < -0.3 is 5.32 Å². The Balaban J connectivity index is 1.80. The van der Waals surface area contributed by atoms with Gasteiger partial charge in [0.1, 0.15) is 10.9 Å². The predicted octanol–water partition coefficient (Wildman–Crippen LogP) is 4.06. The minimum Gasteiger partial charge on any atom is -0.357 e. The molecule has 3 rings (SSSR count). The van der Waals surface area contributed by atoms with Crippen LogP contribution in [0.5, 0.6) is 0 Å². The maximum atomic E-state index is 12.0. The summed E-state index contributed by atoms with van der Waals surface area (Å²) >= 11 is 1.40. The van der Waals surface area contributed by atoms with Crippen molar-refractivity contribution >= 4 is 22.8 Å². The van der Waals surface area contributed by atoms with Crippen LogP contribution in [-0.2, 0) is 4.79 Å². The number of thiophene rings is 1. The summed E-state index contributed by atoms with van der Waals surface area (Å²) in [7, 11) is 0. The van der Waals surface area contributed by atoms with Crippen LogP contribution in [-0.4, -0.2) is 5.78 Å². The number of benzene rings is 1. The molecule has 1 aliphatic carbocycles. The Morgan fingerprint density at radius 2 is 2.00 bits per heavy atom. The second-order valence-electron chi connectivity index (χ2n) is 5.05. The van der Waals surface area contributed by atoms with Gasteiger partial charge in [-0.3, -0.25) is 4.79 Å². The Hall–Kier alpha value is -2.38. The fraction of sp³-hybridized carbons (Fsp3) is 0.176. The first kappa shape index (κ1) is 13.6. The third-order valence-electron chi connectivity index (χ3n) is 3.58. The van der Waals surface area contributed by atoms with Gasteiger partial charge in [-0.05, 0) is 29.3 Å². The van der Waals surface area contributed by atoms with E-state index in [0.29, 0.717) is 11.3 Å². The van der Waals surface area contributed by atoms with Gasteiger partial charge >= 0.3 is 0 Å². The lowest BCUT2D eigenvalue weighted by Crippen LogP contribution is -2.16. The van der Waals surface area contributed by atoms with Gasteiger partial charge in [-0.15, -0.1) is 11.3 Å². The molecule has 0 bridgehead atoms. The van der Waals surface area contributed by atoms with E-state index in [1.54, 1.807) is 6.08 Å². The van der Waals surface area contributed by atoms with Gasteiger partial charge in [-0.2, -0.15) is 5.26 Å². The average molecular weight is 294 g/mol. The lowest BCUT2D eigenvalue weighted by molar-refractivity contribution is -0.115. The second kappa shape index (κ2) is 5.94. The largest absolute Gasteiger partial charge is 0.357 e. The summed E-state index contributed by atoms with van der Waals surface area (Å²) in [4.78, 5) is 12.6. The smallest absolute Gasteiger partial charge is 0.158 e. The molecule has 1 heterocycles. The number of carbonyl (C=O) groups excluding carboxylic acids is 1. The molecule has 1 aromatic carbocycles. The molecule has 2 aromatic rings. The summed E-state index contributed by atoms with van der Waals surface area (Å²) in [6.07, 6.45) is 3.00. The van der Waals surface area contributed by atoms with E-state index in [1.807, 2.05) is 29.6 Å². The minimum atomic E-state index is 0.131. The normalized spacial score (nSPS) is 18.0. The summed E-state index contributed by atoms with van der Waals surface area (Å²) in [5, 5.41) is 14.2. The van der Waals surface area contributed by atoms with Crippen molar-refractivity contribution < 1.29 is 4.79 Å². The van der Waals surface area contributed by atoms with Crippen LogP contribution in [0.4, 0.5) is 5.69 Å². The Morgan fingerprint density at radius 3 is 2.76 bits per heavy atom. The number of nitrogens with zero attached hydrogens (tertiary/aromatic N) is 1. The van der Waals surface area contributed by atoms with Crippen molar-refractivity contribution in [1.29, 1.82) is 5.26 Å². The number of anilines is 1. The maximum absolute atomic E-state index is 12.0. The third kappa shape index (κ3) is 3.04. The average Bonchev–Trinajstić information content (AvgIpc) is 2.95. The molecule has 0 saturated carbocycles. The number of rotatable bonds is 3. The first-order valence-electron chi connectivity index (χ1n) is 6.79. The molecule has 104 valence electrons. The van der Waals surface area contributed by atoms with Gasteiger partial charge in [0.25, 0.3) is 0 Å². The molecule has 0 aliphatic heterocycles. The van der Waals surface area contributed by atoms with E-state index in [0.717, 1.165) is 17.8 Å². The highest BCUT2D eigenvalue weighted by Gasteiger charge is 2.22. The highest BCUT2D eigenvalue weighted by Crippen LogP contribution is 2.33. The summed E-state index contributed by atoms with van der Waals surface area (Å²) in [6, 6.07) is 14.1. The monoisotopic (exact) mass is 294 g/mol. The van der Waals surface area contributed by atoms with Gasteiger partial charge in [-0.25, -0.2) is 0 Å². The van der Waals surface area contributed by atoms with Crippen LogP contribution in [0.2, 0.25) is 0 Å². The summed E-state index contributed by atoms with van der Waals surface area (Å²) in [6.45, 7) is 0. The van der Waals surface area contributed by atoms with Crippen LogP contribution in [0.15, 0.2) is 53.6 Å². The van der Waals surface area contributed by atoms with Crippen LogP contribution in [0.1, 0.15) is 29.2 Å². The van der Waals surface area contributed by atoms with E-state index in [1.165, 1.54) is 16.9 Å². The molecule has 1 aromatic heterocycles. The zero-order valence-electron chi connectivity index (χ0n) is 11.4. The topological polar surface area (TPSA) is 52.9 Å². The fourth-order valence-electron chi connectivity index (χ4n) is 2.61. The summed E-state index contributed by atoms with van der Waals surface area (Å²) in [5.41, 5.74) is 2.86. The van der Waals surface area contributed by atoms with Gasteiger partial charge in [0.05, 0.1) is 5.69 Å². The number of carbonyl (C=O) groups is 1. The summed E-state index contributed by atoms with van der Waals surface area (Å²) < 4.78 is 0. The predicted molar refractivity (Wildman–Crippen MR) is 84.2 cm³/mol. The van der Waals surface area contributed by atoms with E-state index in [2.05, 4.69) is 23.5 Å². The van der Waals surface area contributed by atoms with Crippen LogP contribution in [0, 0.1) is 11.3 Å². The molecule has 21 heavy (non-hydrogen) atoms. The Bertz CT molecular complexity index is 725. The number of hydrogen-bond acceptors (Lipinski definition) is 4. The first-order chi connectivity index (χ1) is 10.3. The van der Waals surface area contributed by atoms with E-state index < -0.39 is 0 Å². The Labute approximate surface area is 127 Å². The molecular weight excluding hydrogens is 280 g/mol. The van der Waals surface area contributed by atoms with Crippen molar-refractivity contribution in [3.63, 3.8) is 0 Å². The van der Waals surface area contributed by atoms with Crippen molar-refractivity contribution in [1.82, 2.24) is 0 Å². The Morgan fingerprint density at radius 1 is 1.19 bits per heavy atom. The highest BCUT2D eigenvalue weighted by atomic mass is 32.1. The number of allylic oxidation sites excluding steroid dienone is 2. The van der Waals surface area contributed by atoms with Crippen molar-refractivity contribution in [2.45, 2.75) is 18.8 Å².